The highest BCUT2D eigenvalue weighted by Crippen LogP contribution is 2.36. The molecule has 1 aromatic heterocycles. The molecule has 10 heteroatoms. The van der Waals surface area contributed by atoms with Crippen LogP contribution in [0.3, 0.4) is 0 Å². The predicted octanol–water partition coefficient (Wildman–Crippen LogP) is 3.62. The van der Waals surface area contributed by atoms with E-state index in [0.717, 1.165) is 0 Å². The minimum atomic E-state index is -2.69. The monoisotopic (exact) mass is 474 g/mol. The lowest BCUT2D eigenvalue weighted by atomic mass is 10.1. The Kier molecular flexibility index (Phi) is 6.58. The molecule has 0 spiro atoms. The molecule has 3 rings (SSSR count). The Bertz CT molecular complexity index is 1170. The number of nitrogens with zero attached hydrogens (tertiary/aromatic N) is 4. The first-order chi connectivity index (χ1) is 15.2. The number of benzene rings is 1. The summed E-state index contributed by atoms with van der Waals surface area (Å²) in [6.45, 7) is 15.5. The average molecular weight is 474 g/mol. The fourth-order valence-corrected chi connectivity index (χ4v) is 4.42. The van der Waals surface area contributed by atoms with Gasteiger partial charge in [0.25, 0.3) is 0 Å². The van der Waals surface area contributed by atoms with Gasteiger partial charge in [0.05, 0.1) is 37.1 Å². The molecule has 0 saturated carbocycles. The molecule has 1 saturated heterocycles. The second kappa shape index (κ2) is 8.78. The number of carbonyl (C=O) groups is 2. The molecule has 9 nitrogen and oxygen atoms in total. The molecule has 2 aromatic rings. The van der Waals surface area contributed by atoms with Crippen LogP contribution in [0.1, 0.15) is 38.1 Å². The molecule has 1 aliphatic heterocycles. The zero-order valence-corrected chi connectivity index (χ0v) is 21.1. The highest BCUT2D eigenvalue weighted by Gasteiger charge is 2.34. The number of esters is 1. The van der Waals surface area contributed by atoms with E-state index in [2.05, 4.69) is 16.5 Å². The van der Waals surface area contributed by atoms with E-state index in [-0.39, 0.29) is 11.6 Å². The number of fused-ring (bicyclic) bond motifs is 1. The summed E-state index contributed by atoms with van der Waals surface area (Å²) in [5.41, 5.74) is 2.13. The Morgan fingerprint density at radius 2 is 1.88 bits per heavy atom. The number of piperazine rings is 1. The molecule has 0 unspecified atom stereocenters. The Morgan fingerprint density at radius 1 is 1.21 bits per heavy atom. The molecule has 33 heavy (non-hydrogen) atoms. The third-order valence-electron chi connectivity index (χ3n) is 5.19. The number of amides is 1. The molecule has 1 fully saturated rings. The van der Waals surface area contributed by atoms with E-state index < -0.39 is 24.8 Å². The van der Waals surface area contributed by atoms with Gasteiger partial charge in [-0.1, -0.05) is 6.58 Å². The van der Waals surface area contributed by atoms with Gasteiger partial charge in [-0.25, -0.2) is 14.6 Å². The third-order valence-corrected chi connectivity index (χ3v) is 6.51. The third kappa shape index (κ3) is 5.19. The van der Waals surface area contributed by atoms with E-state index in [1.807, 2.05) is 32.6 Å². The van der Waals surface area contributed by atoms with Crippen LogP contribution in [0, 0.1) is 0 Å². The van der Waals surface area contributed by atoms with Crippen LogP contribution < -0.4 is 10.3 Å². The van der Waals surface area contributed by atoms with Gasteiger partial charge >= 0.3 is 12.1 Å². The largest absolute Gasteiger partial charge is 0.465 e. The first-order valence-corrected chi connectivity index (χ1v) is 13.2. The summed E-state index contributed by atoms with van der Waals surface area (Å²) in [6.07, 6.45) is 1.01. The van der Waals surface area contributed by atoms with E-state index in [1.165, 1.54) is 13.3 Å². The zero-order chi connectivity index (χ0) is 24.7. The van der Waals surface area contributed by atoms with Gasteiger partial charge in [0.1, 0.15) is 29.2 Å². The molecule has 1 aliphatic rings. The summed E-state index contributed by atoms with van der Waals surface area (Å²) >= 11 is 0. The van der Waals surface area contributed by atoms with E-state index in [4.69, 9.17) is 9.47 Å². The lowest BCUT2D eigenvalue weighted by molar-refractivity contribution is 0.0238. The molecular weight excluding hydrogens is 443 g/mol. The van der Waals surface area contributed by atoms with Gasteiger partial charge in [0.2, 0.25) is 0 Å². The predicted molar refractivity (Wildman–Crippen MR) is 129 cm³/mol. The lowest BCUT2D eigenvalue weighted by Crippen LogP contribution is -2.53. The van der Waals surface area contributed by atoms with Gasteiger partial charge in [0, 0.05) is 12.2 Å². The van der Waals surface area contributed by atoms with Crippen LogP contribution in [0.15, 0.2) is 30.6 Å². The van der Waals surface area contributed by atoms with Crippen molar-refractivity contribution < 1.29 is 23.6 Å². The standard InChI is InChI=1S/C23H31N4O5P/c1-14-12-26(13-15(2)27(14)22(29)32-23(3,4)5)17-10-9-16(21(28)31-6)19-20(17)25-18(11-24-19)33(7,8)30/h9-11,15H,1,12-13H2,2-8H3/t15-/m0/s1. The number of aromatic nitrogens is 2. The Balaban J connectivity index is 2.05. The van der Waals surface area contributed by atoms with Crippen molar-refractivity contribution in [1.82, 2.24) is 14.9 Å². The van der Waals surface area contributed by atoms with E-state index >= 15 is 0 Å². The normalized spacial score (nSPS) is 17.3. The summed E-state index contributed by atoms with van der Waals surface area (Å²) in [5, 5.41) is 0. The number of methoxy groups -OCH3 is 1. The van der Waals surface area contributed by atoms with E-state index in [1.54, 1.807) is 30.4 Å². The summed E-state index contributed by atoms with van der Waals surface area (Å²) in [7, 11) is -1.39. The van der Waals surface area contributed by atoms with Crippen LogP contribution in [0.4, 0.5) is 10.5 Å². The zero-order valence-electron chi connectivity index (χ0n) is 20.2. The van der Waals surface area contributed by atoms with Crippen LogP contribution in [0.25, 0.3) is 11.0 Å². The number of hydrogen-bond acceptors (Lipinski definition) is 8. The summed E-state index contributed by atoms with van der Waals surface area (Å²) in [5.74, 6) is -0.530. The fraction of sp³-hybridized carbons (Fsp3) is 0.478. The molecule has 1 aromatic carbocycles. The van der Waals surface area contributed by atoms with Crippen LogP contribution in [0.5, 0.6) is 0 Å². The SMILES string of the molecule is C=C1CN(c2ccc(C(=O)OC)c3ncc(P(C)(C)=O)nc23)C[C@H](C)N1C(=O)OC(C)(C)C. The van der Waals surface area contributed by atoms with Crippen molar-refractivity contribution >= 4 is 41.4 Å². The number of rotatable bonds is 3. The highest BCUT2D eigenvalue weighted by atomic mass is 31.2. The Labute approximate surface area is 194 Å². The minimum absolute atomic E-state index is 0.226. The molecule has 178 valence electrons. The maximum absolute atomic E-state index is 12.7. The first kappa shape index (κ1) is 24.7. The van der Waals surface area contributed by atoms with Gasteiger partial charge in [-0.15, -0.1) is 0 Å². The van der Waals surface area contributed by atoms with Gasteiger partial charge in [0.15, 0.2) is 0 Å². The second-order valence-corrected chi connectivity index (χ2v) is 12.7. The van der Waals surface area contributed by atoms with Crippen molar-refractivity contribution in [2.45, 2.75) is 39.3 Å². The first-order valence-electron chi connectivity index (χ1n) is 10.6. The molecule has 0 radical (unpaired) electrons. The van der Waals surface area contributed by atoms with Crippen molar-refractivity contribution in [2.24, 2.45) is 0 Å². The minimum Gasteiger partial charge on any atom is -0.465 e. The molecule has 0 aliphatic carbocycles. The van der Waals surface area contributed by atoms with Gasteiger partial charge in [-0.05, 0) is 53.2 Å². The summed E-state index contributed by atoms with van der Waals surface area (Å²) in [4.78, 5) is 37.7. The van der Waals surface area contributed by atoms with Crippen molar-refractivity contribution in [2.75, 3.05) is 38.4 Å². The molecule has 2 heterocycles. The fourth-order valence-electron chi connectivity index (χ4n) is 3.74. The average Bonchev–Trinajstić information content (AvgIpc) is 2.69. The highest BCUT2D eigenvalue weighted by molar-refractivity contribution is 7.69. The van der Waals surface area contributed by atoms with Crippen LogP contribution in [0.2, 0.25) is 0 Å². The van der Waals surface area contributed by atoms with Gasteiger partial charge in [-0.2, -0.15) is 0 Å². The van der Waals surface area contributed by atoms with Crippen LogP contribution in [-0.2, 0) is 14.0 Å². The number of ether oxygens (including phenoxy) is 2. The smallest absolute Gasteiger partial charge is 0.414 e. The molecular formula is C23H31N4O5P. The number of hydrogen-bond donors (Lipinski definition) is 0. The van der Waals surface area contributed by atoms with Crippen LogP contribution in [-0.4, -0.2) is 72.1 Å². The Hall–Kier alpha value is -2.93. The number of anilines is 1. The topological polar surface area (TPSA) is 102 Å². The quantitative estimate of drug-likeness (QED) is 0.491. The van der Waals surface area contributed by atoms with Crippen molar-refractivity contribution in [3.8, 4) is 0 Å². The van der Waals surface area contributed by atoms with E-state index in [9.17, 15) is 14.2 Å². The second-order valence-electron chi connectivity index (χ2n) is 9.55. The van der Waals surface area contributed by atoms with E-state index in [0.29, 0.717) is 40.9 Å². The van der Waals surface area contributed by atoms with Crippen molar-refractivity contribution in [1.29, 1.82) is 0 Å². The molecule has 0 bridgehead atoms. The molecule has 1 amide bonds. The lowest BCUT2D eigenvalue weighted by Gasteiger charge is -2.42. The van der Waals surface area contributed by atoms with Crippen molar-refractivity contribution in [3.63, 3.8) is 0 Å². The number of carbonyl (C=O) groups excluding carboxylic acids is 2. The molecule has 1 atom stereocenters. The maximum Gasteiger partial charge on any atom is 0.414 e. The van der Waals surface area contributed by atoms with Crippen molar-refractivity contribution in [3.05, 3.63) is 36.2 Å². The van der Waals surface area contributed by atoms with Gasteiger partial charge < -0.3 is 18.9 Å². The Morgan fingerprint density at radius 3 is 2.42 bits per heavy atom. The van der Waals surface area contributed by atoms with Gasteiger partial charge in [-0.3, -0.25) is 9.88 Å². The maximum atomic E-state index is 12.7. The summed E-state index contributed by atoms with van der Waals surface area (Å²) in [6, 6.07) is 3.19. The molecule has 0 N–H and O–H groups in total. The summed E-state index contributed by atoms with van der Waals surface area (Å²) < 4.78 is 23.1. The van der Waals surface area contributed by atoms with Crippen LogP contribution >= 0.6 is 7.14 Å².